The molecule has 14 nitrogen and oxygen atoms in total. The molecule has 0 aromatic heterocycles. The smallest absolute Gasteiger partial charge is 0.418 e. The Labute approximate surface area is 192 Å². The average molecular weight is 494 g/mol. The Kier molecular flexibility index (Phi) is 7.68. The Morgan fingerprint density at radius 1 is 1.15 bits per heavy atom. The van der Waals surface area contributed by atoms with E-state index >= 15 is 0 Å². The molecule has 4 amide bonds. The van der Waals surface area contributed by atoms with Crippen LogP contribution in [0, 0.1) is 0 Å². The lowest BCUT2D eigenvalue weighted by molar-refractivity contribution is -0.139. The van der Waals surface area contributed by atoms with Gasteiger partial charge in [0.25, 0.3) is 5.91 Å². The van der Waals surface area contributed by atoms with Gasteiger partial charge in [0.1, 0.15) is 11.6 Å². The van der Waals surface area contributed by atoms with Crippen LogP contribution in [0.3, 0.4) is 0 Å². The van der Waals surface area contributed by atoms with Crippen molar-refractivity contribution in [1.82, 2.24) is 25.2 Å². The molecule has 0 spiro atoms. The zero-order valence-electron chi connectivity index (χ0n) is 18.9. The fourth-order valence-corrected chi connectivity index (χ4v) is 4.34. The number of ether oxygens (including phenoxy) is 1. The van der Waals surface area contributed by atoms with Crippen LogP contribution in [0.2, 0.25) is 0 Å². The average Bonchev–Trinajstić information content (AvgIpc) is 2.94. The summed E-state index contributed by atoms with van der Waals surface area (Å²) in [7, 11) is -4.84. The van der Waals surface area contributed by atoms with Gasteiger partial charge in [-0.15, -0.1) is 4.28 Å². The van der Waals surface area contributed by atoms with Gasteiger partial charge in [0, 0.05) is 39.3 Å². The van der Waals surface area contributed by atoms with Crippen molar-refractivity contribution < 1.29 is 41.2 Å². The SMILES string of the molecule is CC(C)(C)OC(=O)N1CCN(CCONC(=O)[C@@H]2CC[C@@H]3CN2C(=O)N3OS(=O)(=O)O)CC1. The Balaban J connectivity index is 1.36. The molecule has 0 unspecified atom stereocenters. The van der Waals surface area contributed by atoms with E-state index in [9.17, 15) is 22.8 Å². The highest BCUT2D eigenvalue weighted by molar-refractivity contribution is 7.80. The van der Waals surface area contributed by atoms with Crippen LogP contribution in [0.4, 0.5) is 9.59 Å². The molecule has 0 radical (unpaired) electrons. The quantitative estimate of drug-likeness (QED) is 0.271. The second-order valence-corrected chi connectivity index (χ2v) is 10.1. The van der Waals surface area contributed by atoms with Crippen molar-refractivity contribution in [2.75, 3.05) is 45.9 Å². The number of carbonyl (C=O) groups is 3. The number of piperazine rings is 1. The van der Waals surface area contributed by atoms with Gasteiger partial charge >= 0.3 is 22.5 Å². The number of nitrogens with zero attached hydrogens (tertiary/aromatic N) is 4. The molecule has 3 fully saturated rings. The number of carbonyl (C=O) groups excluding carboxylic acids is 3. The van der Waals surface area contributed by atoms with Gasteiger partial charge in [0.05, 0.1) is 12.6 Å². The van der Waals surface area contributed by atoms with Gasteiger partial charge in [-0.25, -0.2) is 15.1 Å². The third-order valence-electron chi connectivity index (χ3n) is 5.51. The lowest BCUT2D eigenvalue weighted by Crippen LogP contribution is -2.51. The fourth-order valence-electron chi connectivity index (χ4n) is 3.95. The fraction of sp³-hybridized carbons (Fsp3) is 0.833. The molecule has 0 aromatic carbocycles. The number of piperidine rings is 1. The lowest BCUT2D eigenvalue weighted by Gasteiger charge is -2.35. The molecule has 2 atom stereocenters. The number of hydrogen-bond acceptors (Lipinski definition) is 9. The maximum absolute atomic E-state index is 12.5. The molecule has 3 heterocycles. The summed E-state index contributed by atoms with van der Waals surface area (Å²) >= 11 is 0. The number of nitrogens with one attached hydrogen (secondary N) is 1. The largest absolute Gasteiger partial charge is 0.444 e. The number of fused-ring (bicyclic) bond motifs is 2. The van der Waals surface area contributed by atoms with Crippen molar-refractivity contribution in [3.63, 3.8) is 0 Å². The van der Waals surface area contributed by atoms with Crippen LogP contribution < -0.4 is 5.48 Å². The van der Waals surface area contributed by atoms with E-state index in [1.54, 1.807) is 4.90 Å². The molecule has 33 heavy (non-hydrogen) atoms. The molecule has 3 rings (SSSR count). The maximum Gasteiger partial charge on any atom is 0.418 e. The topological polar surface area (TPSA) is 158 Å². The van der Waals surface area contributed by atoms with E-state index in [0.717, 1.165) is 0 Å². The molecule has 3 aliphatic heterocycles. The summed E-state index contributed by atoms with van der Waals surface area (Å²) in [6, 6.07) is -2.21. The summed E-state index contributed by atoms with van der Waals surface area (Å²) in [5, 5.41) is 0.584. The number of urea groups is 1. The zero-order valence-corrected chi connectivity index (χ0v) is 19.7. The Bertz CT molecular complexity index is 854. The van der Waals surface area contributed by atoms with Gasteiger partial charge in [-0.2, -0.15) is 13.5 Å². The molecule has 2 N–H and O–H groups in total. The highest BCUT2D eigenvalue weighted by Gasteiger charge is 2.49. The van der Waals surface area contributed by atoms with Crippen molar-refractivity contribution in [3.05, 3.63) is 0 Å². The molecule has 0 saturated carbocycles. The minimum absolute atomic E-state index is 0.106. The monoisotopic (exact) mass is 493 g/mol. The molecule has 188 valence electrons. The first-order chi connectivity index (χ1) is 15.3. The van der Waals surface area contributed by atoms with Crippen molar-refractivity contribution in [2.45, 2.75) is 51.3 Å². The summed E-state index contributed by atoms with van der Waals surface area (Å²) in [5.74, 6) is -0.523. The second kappa shape index (κ2) is 9.97. The summed E-state index contributed by atoms with van der Waals surface area (Å²) < 4.78 is 40.4. The molecule has 0 aliphatic carbocycles. The Morgan fingerprint density at radius 2 is 1.82 bits per heavy atom. The van der Waals surface area contributed by atoms with E-state index in [4.69, 9.17) is 14.1 Å². The van der Waals surface area contributed by atoms with Gasteiger partial charge in [0.15, 0.2) is 0 Å². The van der Waals surface area contributed by atoms with Crippen molar-refractivity contribution >= 4 is 28.4 Å². The summed E-state index contributed by atoms with van der Waals surface area (Å²) in [6.45, 7) is 8.66. The highest BCUT2D eigenvalue weighted by atomic mass is 32.3. The van der Waals surface area contributed by atoms with Crippen LogP contribution >= 0.6 is 0 Å². The third-order valence-corrected chi connectivity index (χ3v) is 5.86. The summed E-state index contributed by atoms with van der Waals surface area (Å²) in [6.07, 6.45) is 0.291. The van der Waals surface area contributed by atoms with Crippen LogP contribution in [0.1, 0.15) is 33.6 Å². The molecule has 3 aliphatic rings. The Morgan fingerprint density at radius 3 is 2.42 bits per heavy atom. The number of hydroxylamine groups is 3. The van der Waals surface area contributed by atoms with Crippen LogP contribution in [0.25, 0.3) is 0 Å². The predicted octanol–water partition coefficient (Wildman–Crippen LogP) is -0.410. The van der Waals surface area contributed by atoms with E-state index in [1.807, 2.05) is 20.8 Å². The first-order valence-corrected chi connectivity index (χ1v) is 12.1. The summed E-state index contributed by atoms with van der Waals surface area (Å²) in [5.41, 5.74) is 1.80. The van der Waals surface area contributed by atoms with Crippen LogP contribution in [-0.4, -0.2) is 114 Å². The van der Waals surface area contributed by atoms with Crippen LogP contribution in [0.15, 0.2) is 0 Å². The molecular formula is C18H31N5O9S. The van der Waals surface area contributed by atoms with E-state index < -0.39 is 40.0 Å². The first-order valence-electron chi connectivity index (χ1n) is 10.7. The number of hydrogen-bond donors (Lipinski definition) is 2. The Hall–Kier alpha value is -2.20. The van der Waals surface area contributed by atoms with E-state index in [2.05, 4.69) is 14.7 Å². The minimum Gasteiger partial charge on any atom is -0.444 e. The first kappa shape index (κ1) is 25.4. The predicted molar refractivity (Wildman–Crippen MR) is 112 cm³/mol. The molecule has 15 heteroatoms. The van der Waals surface area contributed by atoms with Crippen molar-refractivity contribution in [3.8, 4) is 0 Å². The molecule has 3 saturated heterocycles. The standard InChI is InChI=1S/C18H31N5O9S/c1-18(2,3)31-17(26)21-8-6-20(7-9-21)10-11-30-19-15(24)14-5-4-13-12-22(14)16(25)23(13)32-33(27,28)29/h13-14H,4-12H2,1-3H3,(H,19,24)(H,27,28,29)/t13-,14+/m1/s1. The molecule has 0 aromatic rings. The number of rotatable bonds is 7. The molecular weight excluding hydrogens is 462 g/mol. The van der Waals surface area contributed by atoms with E-state index in [0.29, 0.717) is 50.6 Å². The second-order valence-electron chi connectivity index (χ2n) is 9.13. The third kappa shape index (κ3) is 6.89. The minimum atomic E-state index is -4.84. The molecule has 2 bridgehead atoms. The van der Waals surface area contributed by atoms with E-state index in [1.165, 1.54) is 4.90 Å². The van der Waals surface area contributed by atoms with Gasteiger partial charge < -0.3 is 14.5 Å². The summed E-state index contributed by atoms with van der Waals surface area (Å²) in [4.78, 5) is 47.1. The maximum atomic E-state index is 12.5. The van der Waals surface area contributed by atoms with Gasteiger partial charge in [0.2, 0.25) is 0 Å². The van der Waals surface area contributed by atoms with Crippen molar-refractivity contribution in [1.29, 1.82) is 0 Å². The number of amides is 4. The lowest BCUT2D eigenvalue weighted by atomic mass is 10.0. The van der Waals surface area contributed by atoms with Gasteiger partial charge in [-0.3, -0.25) is 19.1 Å². The van der Waals surface area contributed by atoms with Crippen LogP contribution in [0.5, 0.6) is 0 Å². The van der Waals surface area contributed by atoms with Gasteiger partial charge in [-0.05, 0) is 33.6 Å². The van der Waals surface area contributed by atoms with Crippen molar-refractivity contribution in [2.24, 2.45) is 0 Å². The van der Waals surface area contributed by atoms with Crippen LogP contribution in [-0.2, 0) is 29.1 Å². The highest BCUT2D eigenvalue weighted by Crippen LogP contribution is 2.30. The zero-order chi connectivity index (χ0) is 24.4. The van der Waals surface area contributed by atoms with E-state index in [-0.39, 0.29) is 19.2 Å². The normalized spacial score (nSPS) is 24.2. The van der Waals surface area contributed by atoms with Gasteiger partial charge in [-0.1, -0.05) is 0 Å².